The molecule has 0 amide bonds. The highest BCUT2D eigenvalue weighted by Gasteiger charge is 2.42. The number of piperidine rings is 1. The van der Waals surface area contributed by atoms with Crippen LogP contribution in [0.5, 0.6) is 0 Å². The van der Waals surface area contributed by atoms with Crippen LogP contribution >= 0.6 is 0 Å². The van der Waals surface area contributed by atoms with Gasteiger partial charge in [-0.1, -0.05) is 6.92 Å². The highest BCUT2D eigenvalue weighted by atomic mass is 32.2. The lowest BCUT2D eigenvalue weighted by Gasteiger charge is -2.35. The van der Waals surface area contributed by atoms with Crippen molar-refractivity contribution in [1.82, 2.24) is 18.9 Å². The summed E-state index contributed by atoms with van der Waals surface area (Å²) in [7, 11) is -3.29. The standard InChI is InChI=1S/C21H29F3N4O2S/c1-13-8-9-27(31(3,29)30)12-17(13)19-10-14(2)25-20-11-18(26-28(19)20)15-4-6-16(7-5-15)21(22,23)24/h10-11,13,15-17H,4-9,12H2,1-3H3/t13-,15-,16-,17-/m1/s1. The van der Waals surface area contributed by atoms with Gasteiger partial charge in [0.25, 0.3) is 0 Å². The van der Waals surface area contributed by atoms with Crippen molar-refractivity contribution in [1.29, 1.82) is 0 Å². The first-order valence-electron chi connectivity index (χ1n) is 10.8. The molecule has 0 unspecified atom stereocenters. The quantitative estimate of drug-likeness (QED) is 0.689. The highest BCUT2D eigenvalue weighted by Crippen LogP contribution is 2.43. The fourth-order valence-corrected chi connectivity index (χ4v) is 5.92. The van der Waals surface area contributed by atoms with Gasteiger partial charge >= 0.3 is 6.18 Å². The molecular formula is C21H29F3N4O2S. The largest absolute Gasteiger partial charge is 0.391 e. The van der Waals surface area contributed by atoms with Crippen molar-refractivity contribution in [3.05, 3.63) is 29.2 Å². The number of fused-ring (bicyclic) bond motifs is 1. The number of sulfonamides is 1. The third kappa shape index (κ3) is 4.60. The van der Waals surface area contributed by atoms with E-state index in [0.717, 1.165) is 23.5 Å². The number of aromatic nitrogens is 3. The van der Waals surface area contributed by atoms with Gasteiger partial charge in [-0.05, 0) is 51.0 Å². The Morgan fingerprint density at radius 1 is 1.10 bits per heavy atom. The van der Waals surface area contributed by atoms with Gasteiger partial charge in [0.1, 0.15) is 0 Å². The Balaban J connectivity index is 1.64. The highest BCUT2D eigenvalue weighted by molar-refractivity contribution is 7.88. The summed E-state index contributed by atoms with van der Waals surface area (Å²) in [5, 5.41) is 4.77. The molecule has 0 aromatic carbocycles. The number of halogens is 3. The van der Waals surface area contributed by atoms with E-state index in [-0.39, 0.29) is 30.6 Å². The van der Waals surface area contributed by atoms with Crippen molar-refractivity contribution in [3.63, 3.8) is 0 Å². The second kappa shape index (κ2) is 8.03. The lowest BCUT2D eigenvalue weighted by atomic mass is 9.80. The van der Waals surface area contributed by atoms with E-state index in [1.54, 1.807) is 4.52 Å². The summed E-state index contributed by atoms with van der Waals surface area (Å²) in [4.78, 5) is 4.58. The van der Waals surface area contributed by atoms with Crippen LogP contribution in [0, 0.1) is 18.8 Å². The van der Waals surface area contributed by atoms with Gasteiger partial charge in [-0.2, -0.15) is 18.3 Å². The van der Waals surface area contributed by atoms with Crippen LogP contribution in [0.3, 0.4) is 0 Å². The van der Waals surface area contributed by atoms with Crippen LogP contribution in [-0.2, 0) is 10.0 Å². The van der Waals surface area contributed by atoms with Crippen LogP contribution in [0.1, 0.15) is 67.9 Å². The second-order valence-electron chi connectivity index (χ2n) is 9.25. The maximum absolute atomic E-state index is 13.0. The molecule has 2 atom stereocenters. The maximum atomic E-state index is 13.0. The van der Waals surface area contributed by atoms with Crippen LogP contribution < -0.4 is 0 Å². The van der Waals surface area contributed by atoms with E-state index >= 15 is 0 Å². The lowest BCUT2D eigenvalue weighted by molar-refractivity contribution is -0.182. The van der Waals surface area contributed by atoms with E-state index in [9.17, 15) is 21.6 Å². The SMILES string of the molecule is Cc1cc([C@@H]2CN(S(C)(=O)=O)CC[C@H]2C)n2nc([C@H]3CC[C@H](C(F)(F)F)CC3)cc2n1. The molecule has 0 bridgehead atoms. The van der Waals surface area contributed by atoms with E-state index in [0.29, 0.717) is 31.6 Å². The number of nitrogens with zero attached hydrogens (tertiary/aromatic N) is 4. The number of rotatable bonds is 3. The molecule has 0 radical (unpaired) electrons. The van der Waals surface area contributed by atoms with Crippen molar-refractivity contribution in [2.75, 3.05) is 19.3 Å². The molecule has 3 heterocycles. The van der Waals surface area contributed by atoms with Crippen LogP contribution in [-0.4, -0.2) is 52.8 Å². The molecule has 4 rings (SSSR count). The Kier molecular flexibility index (Phi) is 5.83. The molecule has 10 heteroatoms. The molecule has 6 nitrogen and oxygen atoms in total. The van der Waals surface area contributed by atoms with E-state index in [1.165, 1.54) is 10.6 Å². The predicted molar refractivity (Wildman–Crippen MR) is 111 cm³/mol. The van der Waals surface area contributed by atoms with Gasteiger partial charge in [-0.3, -0.25) is 0 Å². The molecule has 2 fully saturated rings. The van der Waals surface area contributed by atoms with E-state index in [4.69, 9.17) is 5.10 Å². The number of aryl methyl sites for hydroxylation is 1. The summed E-state index contributed by atoms with van der Waals surface area (Å²) in [5.74, 6) is -0.981. The minimum atomic E-state index is -4.13. The first kappa shape index (κ1) is 22.5. The molecular weight excluding hydrogens is 429 g/mol. The maximum Gasteiger partial charge on any atom is 0.391 e. The van der Waals surface area contributed by atoms with E-state index < -0.39 is 22.1 Å². The molecule has 31 heavy (non-hydrogen) atoms. The van der Waals surface area contributed by atoms with Gasteiger partial charge in [0.15, 0.2) is 5.65 Å². The molecule has 2 aromatic heterocycles. The minimum Gasteiger partial charge on any atom is -0.234 e. The number of alkyl halides is 3. The van der Waals surface area contributed by atoms with Gasteiger partial charge in [-0.25, -0.2) is 22.2 Å². The Labute approximate surface area is 180 Å². The molecule has 1 aliphatic heterocycles. The summed E-state index contributed by atoms with van der Waals surface area (Å²) < 4.78 is 66.6. The van der Waals surface area contributed by atoms with Crippen molar-refractivity contribution in [2.45, 2.75) is 64.0 Å². The summed E-state index contributed by atoms with van der Waals surface area (Å²) in [6.07, 6.45) is -0.950. The van der Waals surface area contributed by atoms with Gasteiger partial charge in [0, 0.05) is 36.7 Å². The fourth-order valence-electron chi connectivity index (χ4n) is 5.05. The van der Waals surface area contributed by atoms with Crippen LogP contribution in [0.15, 0.2) is 12.1 Å². The zero-order valence-electron chi connectivity index (χ0n) is 18.1. The minimum absolute atomic E-state index is 0.00949. The molecule has 0 N–H and O–H groups in total. The van der Waals surface area contributed by atoms with Crippen LogP contribution in [0.25, 0.3) is 5.65 Å². The first-order chi connectivity index (χ1) is 14.4. The first-order valence-corrected chi connectivity index (χ1v) is 12.7. The monoisotopic (exact) mass is 458 g/mol. The molecule has 1 saturated carbocycles. The van der Waals surface area contributed by atoms with Gasteiger partial charge < -0.3 is 0 Å². The summed E-state index contributed by atoms with van der Waals surface area (Å²) in [6.45, 7) is 4.92. The van der Waals surface area contributed by atoms with Crippen molar-refractivity contribution < 1.29 is 21.6 Å². The average Bonchev–Trinajstić information content (AvgIpc) is 3.10. The molecule has 2 aliphatic rings. The second-order valence-corrected chi connectivity index (χ2v) is 11.2. The van der Waals surface area contributed by atoms with Crippen molar-refractivity contribution in [3.8, 4) is 0 Å². The van der Waals surface area contributed by atoms with Crippen LogP contribution in [0.2, 0.25) is 0 Å². The van der Waals surface area contributed by atoms with E-state index in [2.05, 4.69) is 11.9 Å². The fraction of sp³-hybridized carbons (Fsp3) is 0.714. The summed E-state index contributed by atoms with van der Waals surface area (Å²) in [6, 6.07) is 3.84. The lowest BCUT2D eigenvalue weighted by Crippen LogP contribution is -2.42. The van der Waals surface area contributed by atoms with Crippen molar-refractivity contribution >= 4 is 15.7 Å². The molecule has 1 saturated heterocycles. The zero-order valence-corrected chi connectivity index (χ0v) is 18.9. The molecule has 2 aromatic rings. The number of hydrogen-bond acceptors (Lipinski definition) is 4. The third-order valence-electron chi connectivity index (χ3n) is 6.98. The van der Waals surface area contributed by atoms with E-state index in [1.807, 2.05) is 19.1 Å². The number of hydrogen-bond donors (Lipinski definition) is 0. The molecule has 172 valence electrons. The Hall–Kier alpha value is -1.68. The van der Waals surface area contributed by atoms with Gasteiger partial charge in [0.2, 0.25) is 10.0 Å². The van der Waals surface area contributed by atoms with Gasteiger partial charge in [-0.15, -0.1) is 0 Å². The van der Waals surface area contributed by atoms with Gasteiger partial charge in [0.05, 0.1) is 23.6 Å². The topological polar surface area (TPSA) is 67.6 Å². The Morgan fingerprint density at radius 2 is 1.77 bits per heavy atom. The smallest absolute Gasteiger partial charge is 0.234 e. The van der Waals surface area contributed by atoms with Crippen molar-refractivity contribution in [2.24, 2.45) is 11.8 Å². The summed E-state index contributed by atoms with van der Waals surface area (Å²) >= 11 is 0. The van der Waals surface area contributed by atoms with Crippen LogP contribution in [0.4, 0.5) is 13.2 Å². The summed E-state index contributed by atoms with van der Waals surface area (Å²) in [5.41, 5.74) is 3.19. The Morgan fingerprint density at radius 3 is 2.39 bits per heavy atom. The average molecular weight is 459 g/mol. The predicted octanol–water partition coefficient (Wildman–Crippen LogP) is 4.26. The normalized spacial score (nSPS) is 28.8. The molecule has 0 spiro atoms. The Bertz CT molecular complexity index is 1060. The zero-order chi connectivity index (χ0) is 22.6. The molecule has 1 aliphatic carbocycles. The third-order valence-corrected chi connectivity index (χ3v) is 8.25.